The Kier molecular flexibility index (Phi) is 5.77. The van der Waals surface area contributed by atoms with Gasteiger partial charge in [-0.3, -0.25) is 0 Å². The van der Waals surface area contributed by atoms with E-state index in [-0.39, 0.29) is 0 Å². The Labute approximate surface area is 176 Å². The van der Waals surface area contributed by atoms with Crippen LogP contribution in [0, 0.1) is 11.8 Å². The van der Waals surface area contributed by atoms with E-state index in [1.807, 2.05) is 55.4 Å². The minimum atomic E-state index is 0.410. The van der Waals surface area contributed by atoms with E-state index in [1.54, 1.807) is 6.20 Å². The second-order valence-corrected chi connectivity index (χ2v) is 7.18. The summed E-state index contributed by atoms with van der Waals surface area (Å²) in [7, 11) is 4.01. The highest BCUT2D eigenvalue weighted by atomic mass is 16.5. The van der Waals surface area contributed by atoms with Crippen molar-refractivity contribution in [3.05, 3.63) is 60.2 Å². The van der Waals surface area contributed by atoms with Crippen molar-refractivity contribution in [1.82, 2.24) is 15.0 Å². The average molecular weight is 400 g/mol. The minimum Gasteiger partial charge on any atom is -0.383 e. The highest BCUT2D eigenvalue weighted by Gasteiger charge is 2.12. The molecule has 0 unspecified atom stereocenters. The zero-order valence-corrected chi connectivity index (χ0v) is 17.2. The van der Waals surface area contributed by atoms with Crippen LogP contribution in [0.15, 0.2) is 48.9 Å². The van der Waals surface area contributed by atoms with Gasteiger partial charge in [0.05, 0.1) is 18.8 Å². The molecule has 0 amide bonds. The first-order valence-electron chi connectivity index (χ1n) is 9.81. The highest BCUT2D eigenvalue weighted by Crippen LogP contribution is 2.28. The molecule has 0 spiro atoms. The van der Waals surface area contributed by atoms with Crippen molar-refractivity contribution >= 4 is 17.3 Å². The third kappa shape index (κ3) is 4.34. The first kappa shape index (κ1) is 19.7. The normalized spacial score (nSPS) is 13.5. The van der Waals surface area contributed by atoms with Crippen LogP contribution >= 0.6 is 0 Å². The van der Waals surface area contributed by atoms with E-state index in [1.165, 1.54) is 6.33 Å². The van der Waals surface area contributed by atoms with Crippen molar-refractivity contribution in [3.63, 3.8) is 0 Å². The summed E-state index contributed by atoms with van der Waals surface area (Å²) < 4.78 is 5.39. The maximum atomic E-state index is 6.17. The fraction of sp³-hybridized carbons (Fsp3) is 0.261. The van der Waals surface area contributed by atoms with Crippen LogP contribution in [-0.4, -0.2) is 55.4 Å². The summed E-state index contributed by atoms with van der Waals surface area (Å²) in [4.78, 5) is 17.3. The van der Waals surface area contributed by atoms with Crippen LogP contribution in [0.2, 0.25) is 0 Å². The smallest absolute Gasteiger partial charge is 0.135 e. The van der Waals surface area contributed by atoms with E-state index in [9.17, 15) is 0 Å². The Bertz CT molecular complexity index is 1060. The van der Waals surface area contributed by atoms with E-state index in [0.29, 0.717) is 11.5 Å². The van der Waals surface area contributed by atoms with Gasteiger partial charge in [-0.05, 0) is 35.7 Å². The van der Waals surface area contributed by atoms with Gasteiger partial charge in [-0.1, -0.05) is 18.1 Å². The number of nitrogens with two attached hydrogens (primary N) is 1. The van der Waals surface area contributed by atoms with E-state index in [4.69, 9.17) is 10.5 Å². The number of nitrogen functional groups attached to an aromatic ring is 1. The zero-order valence-electron chi connectivity index (χ0n) is 17.2. The number of hydrogen-bond donors (Lipinski definition) is 1. The van der Waals surface area contributed by atoms with Crippen molar-refractivity contribution in [3.8, 4) is 23.0 Å². The molecule has 1 aliphatic heterocycles. The largest absolute Gasteiger partial charge is 0.383 e. The summed E-state index contributed by atoms with van der Waals surface area (Å²) in [6, 6.07) is 12.1. The van der Waals surface area contributed by atoms with Crippen molar-refractivity contribution in [2.24, 2.45) is 0 Å². The molecule has 0 atom stereocenters. The van der Waals surface area contributed by atoms with Gasteiger partial charge in [-0.15, -0.1) is 0 Å². The molecule has 30 heavy (non-hydrogen) atoms. The topological polar surface area (TPSA) is 80.4 Å². The maximum Gasteiger partial charge on any atom is 0.135 e. The molecule has 152 valence electrons. The molecule has 0 aliphatic carbocycles. The van der Waals surface area contributed by atoms with Crippen LogP contribution in [0.4, 0.5) is 17.3 Å². The fourth-order valence-corrected chi connectivity index (χ4v) is 3.28. The monoisotopic (exact) mass is 400 g/mol. The number of benzene rings is 1. The van der Waals surface area contributed by atoms with Crippen molar-refractivity contribution < 1.29 is 4.74 Å². The molecule has 7 nitrogen and oxygen atoms in total. The molecule has 3 aromatic rings. The van der Waals surface area contributed by atoms with Crippen molar-refractivity contribution in [2.75, 3.05) is 55.9 Å². The van der Waals surface area contributed by atoms with E-state index < -0.39 is 0 Å². The van der Waals surface area contributed by atoms with Crippen LogP contribution in [0.1, 0.15) is 11.3 Å². The lowest BCUT2D eigenvalue weighted by Crippen LogP contribution is -2.36. The molecule has 4 rings (SSSR count). The van der Waals surface area contributed by atoms with Gasteiger partial charge in [0.2, 0.25) is 0 Å². The number of aromatic nitrogens is 3. The Morgan fingerprint density at radius 3 is 2.40 bits per heavy atom. The zero-order chi connectivity index (χ0) is 20.9. The van der Waals surface area contributed by atoms with Gasteiger partial charge in [0.25, 0.3) is 0 Å². The van der Waals surface area contributed by atoms with Crippen LogP contribution in [0.5, 0.6) is 0 Å². The standard InChI is InChI=1S/C23H24N6O/c1-28(2)19-7-5-18(6-8-19)22-20(26-16-27-23(22)24)9-3-17-4-10-21(25-15-17)29-11-13-30-14-12-29/h4-8,10,15-16H,11-14H2,1-2H3,(H2,24,26,27). The molecule has 0 bridgehead atoms. The number of ether oxygens (including phenoxy) is 1. The van der Waals surface area contributed by atoms with Gasteiger partial charge < -0.3 is 20.3 Å². The molecule has 3 heterocycles. The molecule has 0 radical (unpaired) electrons. The highest BCUT2D eigenvalue weighted by molar-refractivity contribution is 5.79. The molecule has 1 aromatic carbocycles. The minimum absolute atomic E-state index is 0.410. The molecular weight excluding hydrogens is 376 g/mol. The van der Waals surface area contributed by atoms with Gasteiger partial charge in [0.15, 0.2) is 0 Å². The number of pyridine rings is 1. The number of rotatable bonds is 3. The summed E-state index contributed by atoms with van der Waals surface area (Å²) in [6.45, 7) is 3.18. The SMILES string of the molecule is CN(C)c1ccc(-c2c(N)ncnc2C#Cc2ccc(N3CCOCC3)nc2)cc1. The second kappa shape index (κ2) is 8.80. The van der Waals surface area contributed by atoms with Crippen LogP contribution in [-0.2, 0) is 4.74 Å². The first-order valence-corrected chi connectivity index (χ1v) is 9.81. The van der Waals surface area contributed by atoms with Crippen LogP contribution in [0.3, 0.4) is 0 Å². The van der Waals surface area contributed by atoms with Crippen molar-refractivity contribution in [1.29, 1.82) is 0 Å². The van der Waals surface area contributed by atoms with Crippen molar-refractivity contribution in [2.45, 2.75) is 0 Å². The molecular formula is C23H24N6O. The molecule has 0 saturated carbocycles. The second-order valence-electron chi connectivity index (χ2n) is 7.18. The Hall–Kier alpha value is -3.63. The number of morpholine rings is 1. The van der Waals surface area contributed by atoms with Gasteiger partial charge in [-0.25, -0.2) is 15.0 Å². The molecule has 1 aliphatic rings. The first-order chi connectivity index (χ1) is 14.6. The van der Waals surface area contributed by atoms with E-state index in [2.05, 4.69) is 31.7 Å². The third-order valence-corrected chi connectivity index (χ3v) is 4.96. The lowest BCUT2D eigenvalue weighted by Gasteiger charge is -2.27. The fourth-order valence-electron chi connectivity index (χ4n) is 3.28. The summed E-state index contributed by atoms with van der Waals surface area (Å²) >= 11 is 0. The van der Waals surface area contributed by atoms with Gasteiger partial charge >= 0.3 is 0 Å². The summed E-state index contributed by atoms with van der Waals surface area (Å²) in [5.74, 6) is 7.64. The molecule has 2 aromatic heterocycles. The predicted molar refractivity (Wildman–Crippen MR) is 119 cm³/mol. The predicted octanol–water partition coefficient (Wildman–Crippen LogP) is 2.42. The van der Waals surface area contributed by atoms with Gasteiger partial charge in [0.1, 0.15) is 23.7 Å². The van der Waals surface area contributed by atoms with Crippen LogP contribution in [0.25, 0.3) is 11.1 Å². The number of hydrogen-bond acceptors (Lipinski definition) is 7. The van der Waals surface area contributed by atoms with E-state index in [0.717, 1.165) is 54.5 Å². The van der Waals surface area contributed by atoms with Gasteiger partial charge in [0, 0.05) is 44.6 Å². The molecule has 1 fully saturated rings. The van der Waals surface area contributed by atoms with Gasteiger partial charge in [-0.2, -0.15) is 0 Å². The molecule has 7 heteroatoms. The quantitative estimate of drug-likeness (QED) is 0.676. The van der Waals surface area contributed by atoms with Crippen LogP contribution < -0.4 is 15.5 Å². The Morgan fingerprint density at radius 1 is 0.967 bits per heavy atom. The molecule has 1 saturated heterocycles. The molecule has 2 N–H and O–H groups in total. The summed E-state index contributed by atoms with van der Waals surface area (Å²) in [5.41, 5.74) is 10.4. The number of nitrogens with zero attached hydrogens (tertiary/aromatic N) is 5. The van der Waals surface area contributed by atoms with E-state index >= 15 is 0 Å². The Morgan fingerprint density at radius 2 is 1.73 bits per heavy atom. The number of anilines is 3. The summed E-state index contributed by atoms with van der Waals surface area (Å²) in [5, 5.41) is 0. The summed E-state index contributed by atoms with van der Waals surface area (Å²) in [6.07, 6.45) is 3.23. The average Bonchev–Trinajstić information content (AvgIpc) is 2.79. The Balaban J connectivity index is 1.60. The lowest BCUT2D eigenvalue weighted by molar-refractivity contribution is 0.122. The lowest BCUT2D eigenvalue weighted by atomic mass is 10.0. The third-order valence-electron chi connectivity index (χ3n) is 4.96. The maximum absolute atomic E-state index is 6.17.